The molecule has 0 amide bonds. The number of hydrogen-bond acceptors (Lipinski definition) is 4. The van der Waals surface area contributed by atoms with E-state index in [4.69, 9.17) is 0 Å². The average Bonchev–Trinajstić information content (AvgIpc) is 2.74. The van der Waals surface area contributed by atoms with Gasteiger partial charge in [-0.15, -0.1) is 0 Å². The number of pyridine rings is 1. The Kier molecular flexibility index (Phi) is 3.62. The molecule has 1 saturated carbocycles. The molecule has 0 radical (unpaired) electrons. The molecule has 1 aliphatic carbocycles. The van der Waals surface area contributed by atoms with Gasteiger partial charge in [-0.05, 0) is 37.8 Å². The summed E-state index contributed by atoms with van der Waals surface area (Å²) in [6.07, 6.45) is 5.09. The van der Waals surface area contributed by atoms with Crippen molar-refractivity contribution in [3.8, 4) is 0 Å². The Labute approximate surface area is 124 Å². The molecule has 2 aromatic rings. The van der Waals surface area contributed by atoms with Crippen LogP contribution in [0.15, 0.2) is 29.4 Å². The fourth-order valence-electron chi connectivity index (χ4n) is 2.73. The van der Waals surface area contributed by atoms with E-state index >= 15 is 0 Å². The van der Waals surface area contributed by atoms with Gasteiger partial charge >= 0.3 is 0 Å². The minimum absolute atomic E-state index is 0.0530. The van der Waals surface area contributed by atoms with E-state index in [0.29, 0.717) is 17.4 Å². The zero-order valence-electron chi connectivity index (χ0n) is 12.2. The monoisotopic (exact) mass is 308 g/mol. The molecular formula is C14H20N4O2S. The third-order valence-corrected chi connectivity index (χ3v) is 5.76. The molecular weight excluding hydrogens is 288 g/mol. The predicted molar refractivity (Wildman–Crippen MR) is 81.9 cm³/mol. The molecule has 2 aromatic heterocycles. The van der Waals surface area contributed by atoms with Gasteiger partial charge in [-0.3, -0.25) is 4.40 Å². The maximum absolute atomic E-state index is 12.7. The number of sulfonamides is 1. The Hall–Kier alpha value is -1.60. The third-order valence-electron chi connectivity index (χ3n) is 4.18. The van der Waals surface area contributed by atoms with Gasteiger partial charge in [0.25, 0.3) is 10.0 Å². The molecule has 2 heterocycles. The number of hydrogen-bond donors (Lipinski definition) is 2. The van der Waals surface area contributed by atoms with E-state index in [9.17, 15) is 8.42 Å². The summed E-state index contributed by atoms with van der Waals surface area (Å²) < 4.78 is 29.9. The van der Waals surface area contributed by atoms with Crippen molar-refractivity contribution in [2.24, 2.45) is 5.92 Å². The lowest BCUT2D eigenvalue weighted by molar-refractivity contribution is 0.260. The number of imidazole rings is 1. The standard InChI is InChI=1S/C14H20N4O2S/c1-10(11-6-5-7-11)17-21(19,20)14-13(15-2)16-12-8-3-4-9-18(12)14/h3-4,8-11,15,17H,5-7H2,1-2H3. The van der Waals surface area contributed by atoms with Gasteiger partial charge in [0.1, 0.15) is 5.65 Å². The van der Waals surface area contributed by atoms with Crippen molar-refractivity contribution >= 4 is 21.5 Å². The van der Waals surface area contributed by atoms with Crippen LogP contribution in [-0.2, 0) is 10.0 Å². The first-order valence-electron chi connectivity index (χ1n) is 7.20. The number of nitrogens with zero attached hydrogens (tertiary/aromatic N) is 2. The molecule has 3 rings (SSSR count). The Balaban J connectivity index is 2.01. The summed E-state index contributed by atoms with van der Waals surface area (Å²) in [5.74, 6) is 0.812. The Bertz CT molecular complexity index is 749. The van der Waals surface area contributed by atoms with Crippen LogP contribution in [0.5, 0.6) is 0 Å². The molecule has 0 aromatic carbocycles. The second-order valence-corrected chi connectivity index (χ2v) is 7.17. The number of nitrogens with one attached hydrogen (secondary N) is 2. The van der Waals surface area contributed by atoms with Crippen molar-refractivity contribution < 1.29 is 8.42 Å². The van der Waals surface area contributed by atoms with E-state index in [2.05, 4.69) is 15.0 Å². The molecule has 1 unspecified atom stereocenters. The van der Waals surface area contributed by atoms with Crippen LogP contribution in [0.2, 0.25) is 0 Å². The minimum Gasteiger partial charge on any atom is -0.371 e. The van der Waals surface area contributed by atoms with Crippen molar-refractivity contribution in [2.45, 2.75) is 37.3 Å². The highest BCUT2D eigenvalue weighted by Crippen LogP contribution is 2.31. The summed E-state index contributed by atoms with van der Waals surface area (Å²) in [6, 6.07) is 5.36. The summed E-state index contributed by atoms with van der Waals surface area (Å²) in [5, 5.41) is 3.04. The SMILES string of the molecule is CNc1nc2ccccn2c1S(=O)(=O)NC(C)C1CCC1. The van der Waals surface area contributed by atoms with Gasteiger partial charge in [0, 0.05) is 19.3 Å². The Morgan fingerprint density at radius 3 is 2.76 bits per heavy atom. The molecule has 1 aliphatic rings. The van der Waals surface area contributed by atoms with Gasteiger partial charge in [-0.2, -0.15) is 0 Å². The zero-order chi connectivity index (χ0) is 15.0. The van der Waals surface area contributed by atoms with E-state index in [-0.39, 0.29) is 11.1 Å². The average molecular weight is 308 g/mol. The van der Waals surface area contributed by atoms with Crippen LogP contribution in [-0.4, -0.2) is 30.9 Å². The van der Waals surface area contributed by atoms with Crippen LogP contribution in [0.4, 0.5) is 5.82 Å². The summed E-state index contributed by atoms with van der Waals surface area (Å²) in [6.45, 7) is 1.93. The largest absolute Gasteiger partial charge is 0.371 e. The van der Waals surface area contributed by atoms with Crippen LogP contribution in [0.1, 0.15) is 26.2 Å². The smallest absolute Gasteiger partial charge is 0.260 e. The number of aromatic nitrogens is 2. The fraction of sp³-hybridized carbons (Fsp3) is 0.500. The van der Waals surface area contributed by atoms with Crippen molar-refractivity contribution in [3.63, 3.8) is 0 Å². The highest BCUT2D eigenvalue weighted by atomic mass is 32.2. The van der Waals surface area contributed by atoms with Crippen molar-refractivity contribution in [1.29, 1.82) is 0 Å². The zero-order valence-corrected chi connectivity index (χ0v) is 13.0. The van der Waals surface area contributed by atoms with Crippen LogP contribution in [0, 0.1) is 5.92 Å². The maximum atomic E-state index is 12.7. The van der Waals surface area contributed by atoms with Crippen LogP contribution < -0.4 is 10.0 Å². The Morgan fingerprint density at radius 1 is 1.38 bits per heavy atom. The van der Waals surface area contributed by atoms with E-state index in [1.54, 1.807) is 29.8 Å². The van der Waals surface area contributed by atoms with Gasteiger partial charge in [-0.25, -0.2) is 18.1 Å². The summed E-state index contributed by atoms with van der Waals surface area (Å²) >= 11 is 0. The summed E-state index contributed by atoms with van der Waals surface area (Å²) in [7, 11) is -1.94. The van der Waals surface area contributed by atoms with E-state index in [0.717, 1.165) is 12.8 Å². The van der Waals surface area contributed by atoms with Crippen LogP contribution >= 0.6 is 0 Å². The van der Waals surface area contributed by atoms with Gasteiger partial charge in [0.2, 0.25) is 0 Å². The van der Waals surface area contributed by atoms with Crippen molar-refractivity contribution in [1.82, 2.24) is 14.1 Å². The molecule has 0 bridgehead atoms. The molecule has 0 spiro atoms. The highest BCUT2D eigenvalue weighted by Gasteiger charge is 2.31. The number of rotatable bonds is 5. The lowest BCUT2D eigenvalue weighted by Crippen LogP contribution is -2.41. The number of anilines is 1. The quantitative estimate of drug-likeness (QED) is 0.884. The second kappa shape index (κ2) is 5.31. The van der Waals surface area contributed by atoms with E-state index in [1.807, 2.05) is 13.0 Å². The van der Waals surface area contributed by atoms with E-state index < -0.39 is 10.0 Å². The van der Waals surface area contributed by atoms with Gasteiger partial charge in [0.15, 0.2) is 10.8 Å². The second-order valence-electron chi connectivity index (χ2n) is 5.55. The topological polar surface area (TPSA) is 75.5 Å². The van der Waals surface area contributed by atoms with Crippen LogP contribution in [0.25, 0.3) is 5.65 Å². The molecule has 21 heavy (non-hydrogen) atoms. The molecule has 0 saturated heterocycles. The highest BCUT2D eigenvalue weighted by molar-refractivity contribution is 7.89. The molecule has 6 nitrogen and oxygen atoms in total. The molecule has 0 aliphatic heterocycles. The molecule has 7 heteroatoms. The van der Waals surface area contributed by atoms with Gasteiger partial charge in [0.05, 0.1) is 0 Å². The normalized spacial score (nSPS) is 17.6. The molecule has 2 N–H and O–H groups in total. The molecule has 1 atom stereocenters. The first kappa shape index (κ1) is 14.3. The van der Waals surface area contributed by atoms with Gasteiger partial charge in [-0.1, -0.05) is 12.5 Å². The maximum Gasteiger partial charge on any atom is 0.260 e. The molecule has 114 valence electrons. The van der Waals surface area contributed by atoms with Crippen LogP contribution in [0.3, 0.4) is 0 Å². The lowest BCUT2D eigenvalue weighted by atomic mass is 9.81. The summed E-state index contributed by atoms with van der Waals surface area (Å²) in [5.41, 5.74) is 0.610. The summed E-state index contributed by atoms with van der Waals surface area (Å²) in [4.78, 5) is 4.32. The van der Waals surface area contributed by atoms with Gasteiger partial charge < -0.3 is 5.32 Å². The first-order chi connectivity index (χ1) is 10.0. The minimum atomic E-state index is -3.62. The Morgan fingerprint density at radius 2 is 2.14 bits per heavy atom. The fourth-order valence-corrected chi connectivity index (χ4v) is 4.34. The third kappa shape index (κ3) is 2.51. The molecule has 1 fully saturated rings. The lowest BCUT2D eigenvalue weighted by Gasteiger charge is -2.31. The van der Waals surface area contributed by atoms with Crippen molar-refractivity contribution in [3.05, 3.63) is 24.4 Å². The van der Waals surface area contributed by atoms with E-state index in [1.165, 1.54) is 6.42 Å². The first-order valence-corrected chi connectivity index (χ1v) is 8.68. The van der Waals surface area contributed by atoms with Crippen molar-refractivity contribution in [2.75, 3.05) is 12.4 Å². The number of fused-ring (bicyclic) bond motifs is 1. The predicted octanol–water partition coefficient (Wildman–Crippen LogP) is 1.84.